The van der Waals surface area contributed by atoms with Crippen LogP contribution in [0.2, 0.25) is 9.36 Å². The van der Waals surface area contributed by atoms with E-state index in [2.05, 4.69) is 5.32 Å². The van der Waals surface area contributed by atoms with Crippen LogP contribution >= 0.6 is 34.5 Å². The smallest absolute Gasteiger partial charge is 0.337 e. The van der Waals surface area contributed by atoms with E-state index in [0.717, 1.165) is 11.3 Å². The Bertz CT molecular complexity index is 1380. The zero-order chi connectivity index (χ0) is 26.0. The molecule has 36 heavy (non-hydrogen) atoms. The molecular weight excluding hydrogens is 529 g/mol. The second-order valence-corrected chi connectivity index (χ2v) is 9.86. The van der Waals surface area contributed by atoms with Crippen LogP contribution in [0, 0.1) is 0 Å². The number of amides is 2. The zero-order valence-corrected chi connectivity index (χ0v) is 20.8. The summed E-state index contributed by atoms with van der Waals surface area (Å²) < 4.78 is 5.52. The second kappa shape index (κ2) is 10.8. The number of Topliss-reactive ketones (excluding diaryl/α,β-unsaturated/α-hetero) is 1. The molecule has 1 unspecified atom stereocenters. The van der Waals surface area contributed by atoms with Crippen molar-refractivity contribution in [3.63, 3.8) is 0 Å². The monoisotopic (exact) mass is 547 g/mol. The summed E-state index contributed by atoms with van der Waals surface area (Å²) in [6.45, 7) is 0.612. The lowest BCUT2D eigenvalue weighted by Gasteiger charge is -2.27. The van der Waals surface area contributed by atoms with Gasteiger partial charge in [0.05, 0.1) is 43.8 Å². The van der Waals surface area contributed by atoms with E-state index in [4.69, 9.17) is 33.7 Å². The average molecular weight is 548 g/mol. The molecule has 0 bridgehead atoms. The highest BCUT2D eigenvalue weighted by molar-refractivity contribution is 7.18. The largest absolute Gasteiger partial charge is 0.478 e. The number of ketones is 1. The molecular formula is C24H19Cl2N3O6S. The maximum atomic E-state index is 13.1. The van der Waals surface area contributed by atoms with Crippen LogP contribution in [-0.2, 0) is 9.53 Å². The summed E-state index contributed by atoms with van der Waals surface area (Å²) in [5, 5.41) is 12.4. The van der Waals surface area contributed by atoms with Crippen molar-refractivity contribution in [3.05, 3.63) is 79.5 Å². The quantitative estimate of drug-likeness (QED) is 0.375. The van der Waals surface area contributed by atoms with E-state index in [0.29, 0.717) is 28.1 Å². The number of rotatable bonds is 7. The Kier molecular flexibility index (Phi) is 7.72. The van der Waals surface area contributed by atoms with Crippen molar-refractivity contribution in [2.75, 3.05) is 30.0 Å². The average Bonchev–Trinajstić information content (AvgIpc) is 3.29. The minimum atomic E-state index is -1.31. The molecule has 1 fully saturated rings. The second-order valence-electron chi connectivity index (χ2n) is 7.74. The Labute approximate surface area is 219 Å². The highest BCUT2D eigenvalue weighted by Crippen LogP contribution is 2.32. The fourth-order valence-corrected chi connectivity index (χ4v) is 5.02. The number of morpholine rings is 1. The number of hydrogen-bond donors (Lipinski definition) is 3. The third-order valence-electron chi connectivity index (χ3n) is 5.49. The van der Waals surface area contributed by atoms with Crippen molar-refractivity contribution in [1.82, 2.24) is 0 Å². The van der Waals surface area contributed by atoms with Crippen LogP contribution in [0.3, 0.4) is 0 Å². The fraction of sp³-hybridized carbons (Fsp3) is 0.167. The molecule has 4 N–H and O–H groups in total. The summed E-state index contributed by atoms with van der Waals surface area (Å²) in [4.78, 5) is 51.8. The van der Waals surface area contributed by atoms with Gasteiger partial charge in [-0.15, -0.1) is 11.3 Å². The lowest BCUT2D eigenvalue weighted by molar-refractivity contribution is -0.125. The molecule has 1 aliphatic rings. The lowest BCUT2D eigenvalue weighted by Crippen LogP contribution is -2.41. The normalized spacial score (nSPS) is 14.4. The molecule has 12 heteroatoms. The molecule has 1 aromatic heterocycles. The number of hydrogen-bond acceptors (Lipinski definition) is 7. The van der Waals surface area contributed by atoms with Gasteiger partial charge in [0.1, 0.15) is 6.61 Å². The Balaban J connectivity index is 1.65. The van der Waals surface area contributed by atoms with E-state index in [1.165, 1.54) is 47.4 Å². The van der Waals surface area contributed by atoms with Crippen molar-refractivity contribution in [3.8, 4) is 0 Å². The molecule has 2 aromatic carbocycles. The standard InChI is InChI=1S/C24H19Cl2N3O6S/c25-15-10-12(4-5-16(15)29-8-9-35-11-19(29)30)23(32)28-21-13(2-1-3-14(21)24(33)34)20(27)22(31)17-6-7-18(26)36-17/h1-7,10,20H,8-9,11,27H2,(H,28,32)(H,33,34). The first kappa shape index (κ1) is 25.8. The highest BCUT2D eigenvalue weighted by atomic mass is 35.5. The molecule has 0 spiro atoms. The van der Waals surface area contributed by atoms with E-state index in [9.17, 15) is 24.3 Å². The number of nitrogens with one attached hydrogen (secondary N) is 1. The van der Waals surface area contributed by atoms with Gasteiger partial charge < -0.3 is 25.8 Å². The molecule has 4 rings (SSSR count). The van der Waals surface area contributed by atoms with Gasteiger partial charge in [0.15, 0.2) is 5.78 Å². The Morgan fingerprint density at radius 3 is 2.56 bits per heavy atom. The van der Waals surface area contributed by atoms with Crippen molar-refractivity contribution < 1.29 is 29.0 Å². The van der Waals surface area contributed by atoms with Gasteiger partial charge in [-0.3, -0.25) is 14.4 Å². The Morgan fingerprint density at radius 1 is 1.14 bits per heavy atom. The molecule has 2 heterocycles. The number of nitrogens with zero attached hydrogens (tertiary/aromatic N) is 1. The molecule has 2 amide bonds. The Hall–Kier alpha value is -3.28. The number of nitrogens with two attached hydrogens (primary N) is 1. The van der Waals surface area contributed by atoms with Crippen molar-refractivity contribution >= 4 is 69.5 Å². The number of carbonyl (C=O) groups is 4. The molecule has 3 aromatic rings. The highest BCUT2D eigenvalue weighted by Gasteiger charge is 2.27. The maximum absolute atomic E-state index is 13.1. The van der Waals surface area contributed by atoms with E-state index < -0.39 is 23.7 Å². The van der Waals surface area contributed by atoms with Crippen LogP contribution in [0.5, 0.6) is 0 Å². The molecule has 0 radical (unpaired) electrons. The van der Waals surface area contributed by atoms with Crippen LogP contribution in [0.25, 0.3) is 0 Å². The number of benzene rings is 2. The number of halogens is 2. The van der Waals surface area contributed by atoms with Crippen molar-refractivity contribution in [1.29, 1.82) is 0 Å². The number of aromatic carboxylic acids is 1. The fourth-order valence-electron chi connectivity index (χ4n) is 3.71. The lowest BCUT2D eigenvalue weighted by atomic mass is 9.97. The topological polar surface area (TPSA) is 139 Å². The summed E-state index contributed by atoms with van der Waals surface area (Å²) in [7, 11) is 0. The van der Waals surface area contributed by atoms with Crippen LogP contribution < -0.4 is 16.0 Å². The van der Waals surface area contributed by atoms with Crippen molar-refractivity contribution in [2.24, 2.45) is 5.73 Å². The first-order valence-corrected chi connectivity index (χ1v) is 12.1. The van der Waals surface area contributed by atoms with E-state index in [-0.39, 0.29) is 39.9 Å². The number of thiophene rings is 1. The van der Waals surface area contributed by atoms with Crippen molar-refractivity contribution in [2.45, 2.75) is 6.04 Å². The number of anilines is 2. The van der Waals surface area contributed by atoms with Gasteiger partial charge in [0.25, 0.3) is 11.8 Å². The summed E-state index contributed by atoms with van der Waals surface area (Å²) >= 11 is 13.3. The van der Waals surface area contributed by atoms with Gasteiger partial charge in [-0.2, -0.15) is 0 Å². The molecule has 1 saturated heterocycles. The minimum absolute atomic E-state index is 0.0655. The van der Waals surface area contributed by atoms with Crippen LogP contribution in [0.4, 0.5) is 11.4 Å². The number of carboxylic acid groups (broad SMARTS) is 1. The molecule has 1 atom stereocenters. The molecule has 9 nitrogen and oxygen atoms in total. The van der Waals surface area contributed by atoms with Gasteiger partial charge in [0, 0.05) is 17.7 Å². The van der Waals surface area contributed by atoms with Gasteiger partial charge in [-0.25, -0.2) is 4.79 Å². The summed E-state index contributed by atoms with van der Waals surface area (Å²) in [5.74, 6) is -2.73. The Morgan fingerprint density at radius 2 is 1.92 bits per heavy atom. The third-order valence-corrected chi connectivity index (χ3v) is 7.03. The van der Waals surface area contributed by atoms with Crippen LogP contribution in [0.15, 0.2) is 48.5 Å². The maximum Gasteiger partial charge on any atom is 0.337 e. The zero-order valence-electron chi connectivity index (χ0n) is 18.5. The van der Waals surface area contributed by atoms with E-state index in [1.54, 1.807) is 6.07 Å². The molecule has 0 saturated carbocycles. The molecule has 186 valence electrons. The first-order valence-electron chi connectivity index (χ1n) is 10.6. The molecule has 1 aliphatic heterocycles. The minimum Gasteiger partial charge on any atom is -0.478 e. The van der Waals surface area contributed by atoms with Crippen LogP contribution in [-0.4, -0.2) is 48.4 Å². The van der Waals surface area contributed by atoms with E-state index in [1.807, 2.05) is 0 Å². The summed E-state index contributed by atoms with van der Waals surface area (Å²) in [5.41, 5.74) is 6.52. The number of carboxylic acids is 1. The van der Waals surface area contributed by atoms with Gasteiger partial charge in [0.2, 0.25) is 0 Å². The van der Waals surface area contributed by atoms with Gasteiger partial charge >= 0.3 is 5.97 Å². The van der Waals surface area contributed by atoms with E-state index >= 15 is 0 Å². The predicted molar refractivity (Wildman–Crippen MR) is 137 cm³/mol. The number of ether oxygens (including phenoxy) is 1. The first-order chi connectivity index (χ1) is 17.2. The third kappa shape index (κ3) is 5.28. The summed E-state index contributed by atoms with van der Waals surface area (Å²) in [6, 6.07) is 10.4. The molecule has 0 aliphatic carbocycles. The SMILES string of the molecule is NC(C(=O)c1ccc(Cl)s1)c1cccc(C(=O)O)c1NC(=O)c1ccc(N2CCOCC2=O)c(Cl)c1. The van der Waals surface area contributed by atoms with Crippen LogP contribution in [0.1, 0.15) is 42.0 Å². The number of para-hydroxylation sites is 1. The predicted octanol–water partition coefficient (Wildman–Crippen LogP) is 4.25. The summed E-state index contributed by atoms with van der Waals surface area (Å²) in [6.07, 6.45) is 0. The van der Waals surface area contributed by atoms with Gasteiger partial charge in [-0.05, 0) is 36.4 Å². The number of carbonyl (C=O) groups excluding carboxylic acids is 3. The van der Waals surface area contributed by atoms with Gasteiger partial charge in [-0.1, -0.05) is 35.3 Å².